The van der Waals surface area contributed by atoms with Crippen LogP contribution in [0.1, 0.15) is 29.9 Å². The van der Waals surface area contributed by atoms with Gasteiger partial charge < -0.3 is 9.73 Å². The van der Waals surface area contributed by atoms with E-state index in [0.29, 0.717) is 0 Å². The molecule has 0 radical (unpaired) electrons. The van der Waals surface area contributed by atoms with Crippen molar-refractivity contribution in [1.82, 2.24) is 10.3 Å². The molecule has 0 aliphatic rings. The zero-order chi connectivity index (χ0) is 13.9. The van der Waals surface area contributed by atoms with Gasteiger partial charge in [-0.2, -0.15) is 0 Å². The largest absolute Gasteiger partial charge is 0.469 e. The van der Waals surface area contributed by atoms with E-state index in [9.17, 15) is 0 Å². The van der Waals surface area contributed by atoms with Gasteiger partial charge in [0.15, 0.2) is 0 Å². The minimum Gasteiger partial charge on any atom is -0.469 e. The number of furan rings is 1. The monoisotopic (exact) mass is 266 g/mol. The van der Waals surface area contributed by atoms with E-state index >= 15 is 0 Å². The summed E-state index contributed by atoms with van der Waals surface area (Å²) in [5.41, 5.74) is 2.42. The van der Waals surface area contributed by atoms with Crippen LogP contribution in [0.4, 0.5) is 0 Å². The Labute approximate surface area is 118 Å². The molecule has 102 valence electrons. The Morgan fingerprint density at radius 2 is 2.10 bits per heavy atom. The Kier molecular flexibility index (Phi) is 3.52. The summed E-state index contributed by atoms with van der Waals surface area (Å²) in [6.45, 7) is 5.01. The molecule has 3 nitrogen and oxygen atoms in total. The third-order valence-corrected chi connectivity index (χ3v) is 3.65. The number of hydrogen-bond acceptors (Lipinski definition) is 3. The number of nitrogens with zero attached hydrogens (tertiary/aromatic N) is 1. The summed E-state index contributed by atoms with van der Waals surface area (Å²) in [7, 11) is 0. The molecule has 3 rings (SSSR count). The number of rotatable bonds is 4. The van der Waals surface area contributed by atoms with E-state index in [-0.39, 0.29) is 6.04 Å². The third-order valence-electron chi connectivity index (χ3n) is 3.65. The zero-order valence-corrected chi connectivity index (χ0v) is 11.8. The van der Waals surface area contributed by atoms with Gasteiger partial charge in [0.25, 0.3) is 0 Å². The maximum absolute atomic E-state index is 5.47. The lowest BCUT2D eigenvalue weighted by molar-refractivity contribution is 0.520. The Morgan fingerprint density at radius 3 is 2.85 bits per heavy atom. The summed E-state index contributed by atoms with van der Waals surface area (Å²) in [4.78, 5) is 4.27. The maximum Gasteiger partial charge on any atom is 0.105 e. The zero-order valence-electron chi connectivity index (χ0n) is 11.8. The molecular formula is C17H18N2O. The number of benzene rings is 1. The second kappa shape index (κ2) is 5.47. The second-order valence-corrected chi connectivity index (χ2v) is 4.87. The van der Waals surface area contributed by atoms with Crippen LogP contribution >= 0.6 is 0 Å². The van der Waals surface area contributed by atoms with Crippen LogP contribution < -0.4 is 5.32 Å². The van der Waals surface area contributed by atoms with Gasteiger partial charge in [-0.1, -0.05) is 25.1 Å². The topological polar surface area (TPSA) is 38.1 Å². The predicted octanol–water partition coefficient (Wildman–Crippen LogP) is 3.84. The van der Waals surface area contributed by atoms with Crippen LogP contribution in [0.2, 0.25) is 0 Å². The van der Waals surface area contributed by atoms with Crippen molar-refractivity contribution < 1.29 is 4.42 Å². The standard InChI is InChI=1S/C17H18N2O/c1-3-19-17(14-8-10-20-12(14)2)15-6-4-5-13-7-9-18-11-16(13)15/h4-11,17,19H,3H2,1-2H3. The number of fused-ring (bicyclic) bond motifs is 1. The quantitative estimate of drug-likeness (QED) is 0.779. The van der Waals surface area contributed by atoms with Gasteiger partial charge in [0, 0.05) is 23.3 Å². The van der Waals surface area contributed by atoms with Crippen molar-refractivity contribution in [2.45, 2.75) is 19.9 Å². The second-order valence-electron chi connectivity index (χ2n) is 4.87. The summed E-state index contributed by atoms with van der Waals surface area (Å²) in [5.74, 6) is 0.955. The van der Waals surface area contributed by atoms with E-state index in [0.717, 1.165) is 12.3 Å². The molecule has 3 aromatic rings. The lowest BCUT2D eigenvalue weighted by Crippen LogP contribution is -2.22. The summed E-state index contributed by atoms with van der Waals surface area (Å²) in [6.07, 6.45) is 5.51. The van der Waals surface area contributed by atoms with Crippen molar-refractivity contribution in [3.05, 3.63) is 65.9 Å². The van der Waals surface area contributed by atoms with Crippen LogP contribution in [0.15, 0.2) is 53.4 Å². The first kappa shape index (κ1) is 12.9. The average molecular weight is 266 g/mol. The molecule has 1 atom stereocenters. The molecule has 0 saturated carbocycles. The molecule has 0 bridgehead atoms. The SMILES string of the molecule is CCNC(c1ccoc1C)c1cccc2ccncc12. The van der Waals surface area contributed by atoms with Gasteiger partial charge in [-0.25, -0.2) is 0 Å². The van der Waals surface area contributed by atoms with E-state index in [2.05, 4.69) is 35.4 Å². The molecule has 0 fully saturated rings. The summed E-state index contributed by atoms with van der Waals surface area (Å²) in [6, 6.07) is 10.6. The number of nitrogens with one attached hydrogen (secondary N) is 1. The first-order valence-electron chi connectivity index (χ1n) is 6.91. The normalized spacial score (nSPS) is 12.7. The maximum atomic E-state index is 5.47. The Hall–Kier alpha value is -2.13. The fraction of sp³-hybridized carbons (Fsp3) is 0.235. The summed E-state index contributed by atoms with van der Waals surface area (Å²) in [5, 5.41) is 5.94. The van der Waals surface area contributed by atoms with E-state index in [1.165, 1.54) is 21.9 Å². The number of hydrogen-bond donors (Lipinski definition) is 1. The Morgan fingerprint density at radius 1 is 1.20 bits per heavy atom. The molecule has 1 unspecified atom stereocenters. The number of aromatic nitrogens is 1. The van der Waals surface area contributed by atoms with E-state index in [4.69, 9.17) is 4.42 Å². The Balaban J connectivity index is 2.17. The van der Waals surface area contributed by atoms with Crippen molar-refractivity contribution in [3.8, 4) is 0 Å². The molecule has 0 aliphatic carbocycles. The van der Waals surface area contributed by atoms with Crippen molar-refractivity contribution in [2.24, 2.45) is 0 Å². The van der Waals surface area contributed by atoms with E-state index < -0.39 is 0 Å². The van der Waals surface area contributed by atoms with Crippen LogP contribution in [-0.4, -0.2) is 11.5 Å². The highest BCUT2D eigenvalue weighted by Gasteiger charge is 2.19. The van der Waals surface area contributed by atoms with E-state index in [1.54, 1.807) is 6.26 Å². The fourth-order valence-corrected chi connectivity index (χ4v) is 2.67. The van der Waals surface area contributed by atoms with Gasteiger partial charge in [0.1, 0.15) is 5.76 Å². The highest BCUT2D eigenvalue weighted by Crippen LogP contribution is 2.30. The first-order valence-corrected chi connectivity index (χ1v) is 6.91. The van der Waals surface area contributed by atoms with Crippen LogP contribution in [0.25, 0.3) is 10.8 Å². The third kappa shape index (κ3) is 2.21. The predicted molar refractivity (Wildman–Crippen MR) is 80.7 cm³/mol. The fourth-order valence-electron chi connectivity index (χ4n) is 2.67. The number of pyridine rings is 1. The van der Waals surface area contributed by atoms with Gasteiger partial charge in [-0.05, 0) is 36.6 Å². The van der Waals surface area contributed by atoms with Crippen molar-refractivity contribution in [1.29, 1.82) is 0 Å². The smallest absolute Gasteiger partial charge is 0.105 e. The molecule has 0 spiro atoms. The molecule has 20 heavy (non-hydrogen) atoms. The summed E-state index contributed by atoms with van der Waals surface area (Å²) >= 11 is 0. The molecule has 2 heterocycles. The van der Waals surface area contributed by atoms with Crippen molar-refractivity contribution in [2.75, 3.05) is 6.54 Å². The van der Waals surface area contributed by atoms with Crippen molar-refractivity contribution >= 4 is 10.8 Å². The molecule has 0 amide bonds. The van der Waals surface area contributed by atoms with Gasteiger partial charge in [-0.3, -0.25) is 4.98 Å². The number of aryl methyl sites for hydroxylation is 1. The molecule has 2 aromatic heterocycles. The van der Waals surface area contributed by atoms with Crippen LogP contribution in [0, 0.1) is 6.92 Å². The van der Waals surface area contributed by atoms with Gasteiger partial charge in [0.05, 0.1) is 12.3 Å². The molecule has 3 heteroatoms. The highest BCUT2D eigenvalue weighted by atomic mass is 16.3. The minimum absolute atomic E-state index is 0.131. The van der Waals surface area contributed by atoms with E-state index in [1.807, 2.05) is 31.5 Å². The average Bonchev–Trinajstić information content (AvgIpc) is 2.90. The van der Waals surface area contributed by atoms with Crippen LogP contribution in [0.5, 0.6) is 0 Å². The van der Waals surface area contributed by atoms with Gasteiger partial charge in [-0.15, -0.1) is 0 Å². The first-order chi connectivity index (χ1) is 9.81. The van der Waals surface area contributed by atoms with Gasteiger partial charge >= 0.3 is 0 Å². The summed E-state index contributed by atoms with van der Waals surface area (Å²) < 4.78 is 5.47. The highest BCUT2D eigenvalue weighted by molar-refractivity contribution is 5.85. The molecule has 0 saturated heterocycles. The molecule has 1 aromatic carbocycles. The lowest BCUT2D eigenvalue weighted by atomic mass is 9.95. The van der Waals surface area contributed by atoms with Crippen LogP contribution in [-0.2, 0) is 0 Å². The molecule has 1 N–H and O–H groups in total. The minimum atomic E-state index is 0.131. The van der Waals surface area contributed by atoms with Crippen LogP contribution in [0.3, 0.4) is 0 Å². The molecular weight excluding hydrogens is 248 g/mol. The Bertz CT molecular complexity index is 712. The van der Waals surface area contributed by atoms with Crippen molar-refractivity contribution in [3.63, 3.8) is 0 Å². The lowest BCUT2D eigenvalue weighted by Gasteiger charge is -2.19. The van der Waals surface area contributed by atoms with Gasteiger partial charge in [0.2, 0.25) is 0 Å². The molecule has 0 aliphatic heterocycles.